The second-order valence-electron chi connectivity index (χ2n) is 5.41. The summed E-state index contributed by atoms with van der Waals surface area (Å²) in [6.07, 6.45) is -0.916. The van der Waals surface area contributed by atoms with Gasteiger partial charge in [0.25, 0.3) is 0 Å². The number of benzene rings is 1. The van der Waals surface area contributed by atoms with Crippen LogP contribution in [0.25, 0.3) is 0 Å². The van der Waals surface area contributed by atoms with Crippen LogP contribution in [0.1, 0.15) is 37.3 Å². The fraction of sp³-hybridized carbons (Fsp3) is 0.600. The van der Waals surface area contributed by atoms with Gasteiger partial charge in [0.2, 0.25) is 0 Å². The molecule has 1 aliphatic rings. The SMILES string of the molecule is CCC1CCCN(c2ccc(C(F)(F)F)cc2CN)C1. The van der Waals surface area contributed by atoms with Crippen LogP contribution in [0.5, 0.6) is 0 Å². The molecule has 1 aromatic carbocycles. The zero-order chi connectivity index (χ0) is 14.8. The third-order valence-electron chi connectivity index (χ3n) is 4.06. The Kier molecular flexibility index (Phi) is 4.58. The average molecular weight is 286 g/mol. The topological polar surface area (TPSA) is 29.3 Å². The van der Waals surface area contributed by atoms with Crippen LogP contribution in [0.3, 0.4) is 0 Å². The van der Waals surface area contributed by atoms with Crippen LogP contribution in [0.4, 0.5) is 18.9 Å². The minimum Gasteiger partial charge on any atom is -0.371 e. The van der Waals surface area contributed by atoms with E-state index in [2.05, 4.69) is 11.8 Å². The Morgan fingerprint density at radius 3 is 2.70 bits per heavy atom. The Labute approximate surface area is 117 Å². The molecule has 5 heteroatoms. The predicted octanol–water partition coefficient (Wildman–Crippen LogP) is 3.79. The van der Waals surface area contributed by atoms with Crippen molar-refractivity contribution in [2.45, 2.75) is 38.9 Å². The molecule has 0 amide bonds. The highest BCUT2D eigenvalue weighted by molar-refractivity contribution is 5.55. The van der Waals surface area contributed by atoms with Gasteiger partial charge < -0.3 is 10.6 Å². The fourth-order valence-corrected chi connectivity index (χ4v) is 2.85. The minimum absolute atomic E-state index is 0.131. The molecule has 0 saturated carbocycles. The van der Waals surface area contributed by atoms with Gasteiger partial charge in [-0.25, -0.2) is 0 Å². The average Bonchev–Trinajstić information content (AvgIpc) is 2.45. The van der Waals surface area contributed by atoms with E-state index in [1.165, 1.54) is 12.5 Å². The number of anilines is 1. The summed E-state index contributed by atoms with van der Waals surface area (Å²) in [4.78, 5) is 2.18. The lowest BCUT2D eigenvalue weighted by Gasteiger charge is -2.35. The number of alkyl halides is 3. The van der Waals surface area contributed by atoms with E-state index in [1.54, 1.807) is 6.07 Å². The van der Waals surface area contributed by atoms with E-state index in [-0.39, 0.29) is 6.54 Å². The van der Waals surface area contributed by atoms with Crippen LogP contribution in [-0.4, -0.2) is 13.1 Å². The molecule has 1 aliphatic heterocycles. The van der Waals surface area contributed by atoms with Crippen molar-refractivity contribution >= 4 is 5.69 Å². The molecule has 1 atom stereocenters. The number of piperidine rings is 1. The molecule has 0 radical (unpaired) electrons. The summed E-state index contributed by atoms with van der Waals surface area (Å²) in [5.41, 5.74) is 6.46. The molecule has 0 aromatic heterocycles. The Bertz CT molecular complexity index is 457. The van der Waals surface area contributed by atoms with Crippen LogP contribution in [-0.2, 0) is 12.7 Å². The normalized spacial score (nSPS) is 20.2. The van der Waals surface area contributed by atoms with Gasteiger partial charge in [-0.15, -0.1) is 0 Å². The molecular weight excluding hydrogens is 265 g/mol. The number of nitrogens with zero attached hydrogens (tertiary/aromatic N) is 1. The van der Waals surface area contributed by atoms with Crippen LogP contribution in [0, 0.1) is 5.92 Å². The molecule has 2 N–H and O–H groups in total. The third kappa shape index (κ3) is 3.26. The van der Waals surface area contributed by atoms with Crippen molar-refractivity contribution in [1.29, 1.82) is 0 Å². The second-order valence-corrected chi connectivity index (χ2v) is 5.41. The monoisotopic (exact) mass is 286 g/mol. The second kappa shape index (κ2) is 6.04. The van der Waals surface area contributed by atoms with E-state index in [9.17, 15) is 13.2 Å². The van der Waals surface area contributed by atoms with Gasteiger partial charge in [-0.05, 0) is 42.5 Å². The summed E-state index contributed by atoms with van der Waals surface area (Å²) >= 11 is 0. The highest BCUT2D eigenvalue weighted by Gasteiger charge is 2.31. The maximum Gasteiger partial charge on any atom is 0.416 e. The van der Waals surface area contributed by atoms with Gasteiger partial charge in [-0.1, -0.05) is 13.3 Å². The summed E-state index contributed by atoms with van der Waals surface area (Å²) in [5, 5.41) is 0. The number of halogens is 3. The number of hydrogen-bond donors (Lipinski definition) is 1. The van der Waals surface area contributed by atoms with Gasteiger partial charge in [-0.2, -0.15) is 13.2 Å². The van der Waals surface area contributed by atoms with Crippen molar-refractivity contribution < 1.29 is 13.2 Å². The van der Waals surface area contributed by atoms with Crippen LogP contribution in [0.2, 0.25) is 0 Å². The fourth-order valence-electron chi connectivity index (χ4n) is 2.85. The first-order valence-electron chi connectivity index (χ1n) is 7.10. The molecule has 1 fully saturated rings. The molecule has 112 valence electrons. The third-order valence-corrected chi connectivity index (χ3v) is 4.06. The lowest BCUT2D eigenvalue weighted by atomic mass is 9.94. The van der Waals surface area contributed by atoms with E-state index in [1.807, 2.05) is 0 Å². The Morgan fingerprint density at radius 2 is 2.10 bits per heavy atom. The van der Waals surface area contributed by atoms with E-state index < -0.39 is 11.7 Å². The summed E-state index contributed by atoms with van der Waals surface area (Å²) < 4.78 is 38.2. The first kappa shape index (κ1) is 15.2. The van der Waals surface area contributed by atoms with Crippen molar-refractivity contribution in [2.75, 3.05) is 18.0 Å². The van der Waals surface area contributed by atoms with E-state index in [0.717, 1.165) is 37.7 Å². The standard InChI is InChI=1S/C15H21F3N2/c1-2-11-4-3-7-20(10-11)14-6-5-13(15(16,17)18)8-12(14)9-19/h5-6,8,11H,2-4,7,9-10,19H2,1H3. The quantitative estimate of drug-likeness (QED) is 0.916. The summed E-state index contributed by atoms with van der Waals surface area (Å²) in [6, 6.07) is 3.91. The number of nitrogens with two attached hydrogens (primary N) is 1. The molecule has 0 aliphatic carbocycles. The molecule has 2 rings (SSSR count). The lowest BCUT2D eigenvalue weighted by Crippen LogP contribution is -2.36. The highest BCUT2D eigenvalue weighted by atomic mass is 19.4. The molecule has 0 spiro atoms. The lowest BCUT2D eigenvalue weighted by molar-refractivity contribution is -0.137. The largest absolute Gasteiger partial charge is 0.416 e. The first-order chi connectivity index (χ1) is 9.45. The highest BCUT2D eigenvalue weighted by Crippen LogP contribution is 2.34. The zero-order valence-electron chi connectivity index (χ0n) is 11.7. The number of hydrogen-bond acceptors (Lipinski definition) is 2. The van der Waals surface area contributed by atoms with Gasteiger partial charge in [0.1, 0.15) is 0 Å². The predicted molar refractivity (Wildman–Crippen MR) is 74.6 cm³/mol. The maximum absolute atomic E-state index is 12.7. The van der Waals surface area contributed by atoms with E-state index >= 15 is 0 Å². The smallest absolute Gasteiger partial charge is 0.371 e. The van der Waals surface area contributed by atoms with E-state index in [0.29, 0.717) is 11.5 Å². The summed E-state index contributed by atoms with van der Waals surface area (Å²) in [7, 11) is 0. The molecule has 1 heterocycles. The van der Waals surface area contributed by atoms with Gasteiger partial charge in [0, 0.05) is 25.3 Å². The van der Waals surface area contributed by atoms with Crippen molar-refractivity contribution in [3.05, 3.63) is 29.3 Å². The molecule has 1 aromatic rings. The van der Waals surface area contributed by atoms with E-state index in [4.69, 9.17) is 5.73 Å². The number of rotatable bonds is 3. The van der Waals surface area contributed by atoms with Gasteiger partial charge >= 0.3 is 6.18 Å². The van der Waals surface area contributed by atoms with Gasteiger partial charge in [-0.3, -0.25) is 0 Å². The van der Waals surface area contributed by atoms with Crippen molar-refractivity contribution in [3.8, 4) is 0 Å². The molecule has 2 nitrogen and oxygen atoms in total. The molecule has 1 unspecified atom stereocenters. The maximum atomic E-state index is 12.7. The Balaban J connectivity index is 2.27. The first-order valence-corrected chi connectivity index (χ1v) is 7.10. The molecular formula is C15H21F3N2. The van der Waals surface area contributed by atoms with Crippen molar-refractivity contribution in [3.63, 3.8) is 0 Å². The van der Waals surface area contributed by atoms with Gasteiger partial charge in [0.05, 0.1) is 5.56 Å². The van der Waals surface area contributed by atoms with Crippen LogP contribution >= 0.6 is 0 Å². The van der Waals surface area contributed by atoms with Crippen molar-refractivity contribution in [1.82, 2.24) is 0 Å². The minimum atomic E-state index is -4.31. The Hall–Kier alpha value is -1.23. The van der Waals surface area contributed by atoms with Crippen LogP contribution in [0.15, 0.2) is 18.2 Å². The molecule has 20 heavy (non-hydrogen) atoms. The summed E-state index contributed by atoms with van der Waals surface area (Å²) in [5.74, 6) is 0.622. The van der Waals surface area contributed by atoms with Gasteiger partial charge in [0.15, 0.2) is 0 Å². The zero-order valence-corrected chi connectivity index (χ0v) is 11.7. The molecule has 0 bridgehead atoms. The Morgan fingerprint density at radius 1 is 1.35 bits per heavy atom. The molecule has 1 saturated heterocycles. The van der Waals surface area contributed by atoms with Crippen LogP contribution < -0.4 is 10.6 Å². The summed E-state index contributed by atoms with van der Waals surface area (Å²) in [6.45, 7) is 4.10. The van der Waals surface area contributed by atoms with Crippen molar-refractivity contribution in [2.24, 2.45) is 11.7 Å².